The molecule has 0 saturated carbocycles. The summed E-state index contributed by atoms with van der Waals surface area (Å²) in [7, 11) is 0. The van der Waals surface area contributed by atoms with E-state index in [1.807, 2.05) is 16.7 Å². The molecule has 3 aromatic rings. The zero-order chi connectivity index (χ0) is 21.2. The Labute approximate surface area is 180 Å². The van der Waals surface area contributed by atoms with Gasteiger partial charge in [0.1, 0.15) is 12.4 Å². The minimum absolute atomic E-state index is 0.166. The van der Waals surface area contributed by atoms with E-state index in [9.17, 15) is 4.79 Å². The number of pyridine rings is 1. The Kier molecular flexibility index (Phi) is 5.30. The number of rotatable bonds is 5. The topological polar surface area (TPSA) is 78.7 Å². The summed E-state index contributed by atoms with van der Waals surface area (Å²) in [6.45, 7) is 5.83. The van der Waals surface area contributed by atoms with Crippen LogP contribution in [0.4, 0.5) is 0 Å². The molecule has 4 heterocycles. The van der Waals surface area contributed by atoms with Crippen molar-refractivity contribution in [2.24, 2.45) is 0 Å². The number of esters is 1. The summed E-state index contributed by atoms with van der Waals surface area (Å²) in [6, 6.07) is 12.1. The number of ether oxygens (including phenoxy) is 3. The molecule has 0 fully saturated rings. The van der Waals surface area contributed by atoms with Gasteiger partial charge in [-0.3, -0.25) is 4.90 Å². The van der Waals surface area contributed by atoms with Gasteiger partial charge in [0.15, 0.2) is 17.5 Å². The summed E-state index contributed by atoms with van der Waals surface area (Å²) >= 11 is 0. The smallest absolute Gasteiger partial charge is 0.358 e. The molecule has 0 unspecified atom stereocenters. The zero-order valence-corrected chi connectivity index (χ0v) is 17.4. The maximum atomic E-state index is 11.9. The number of hydrogen-bond acceptors (Lipinski definition) is 7. The van der Waals surface area contributed by atoms with Gasteiger partial charge in [0.25, 0.3) is 5.88 Å². The lowest BCUT2D eigenvalue weighted by atomic mass is 10.1. The number of imidazole rings is 1. The first-order valence-electron chi connectivity index (χ1n) is 10.5. The fourth-order valence-corrected chi connectivity index (χ4v) is 3.91. The standard InChI is InChI=1S/C23H24N4O4/c1-2-29-23(28)18-13-27-11-10-26(14-21(27)25-18)12-16-5-7-17(8-6-16)20-15-30-19-4-3-9-24-22(19)31-20/h3-9,13,20H,2,10-12,14-15H2,1H3/t20-/m1/s1. The molecule has 0 spiro atoms. The summed E-state index contributed by atoms with van der Waals surface area (Å²) in [6.07, 6.45) is 3.33. The second-order valence-electron chi connectivity index (χ2n) is 7.63. The molecule has 160 valence electrons. The Morgan fingerprint density at radius 2 is 2.10 bits per heavy atom. The van der Waals surface area contributed by atoms with Crippen molar-refractivity contribution in [3.8, 4) is 11.6 Å². The molecule has 1 atom stereocenters. The lowest BCUT2D eigenvalue weighted by molar-refractivity contribution is 0.0519. The van der Waals surface area contributed by atoms with Crippen LogP contribution in [0.3, 0.4) is 0 Å². The molecule has 2 aliphatic heterocycles. The van der Waals surface area contributed by atoms with Gasteiger partial charge < -0.3 is 18.8 Å². The van der Waals surface area contributed by atoms with Crippen LogP contribution in [0.1, 0.15) is 40.5 Å². The second kappa shape index (κ2) is 8.39. The number of hydrogen-bond donors (Lipinski definition) is 0. The lowest BCUT2D eigenvalue weighted by Crippen LogP contribution is -2.33. The van der Waals surface area contributed by atoms with E-state index in [2.05, 4.69) is 39.1 Å². The molecule has 8 heteroatoms. The first-order chi connectivity index (χ1) is 15.2. The SMILES string of the molecule is CCOC(=O)c1cn2c(n1)CN(Cc1ccc([C@H]3COc4cccnc4O3)cc1)CC2. The van der Waals surface area contributed by atoms with E-state index in [1.165, 1.54) is 5.56 Å². The first kappa shape index (κ1) is 19.6. The molecule has 0 bridgehead atoms. The Morgan fingerprint density at radius 3 is 2.94 bits per heavy atom. The monoisotopic (exact) mass is 420 g/mol. The average molecular weight is 420 g/mol. The van der Waals surface area contributed by atoms with E-state index in [0.29, 0.717) is 37.1 Å². The first-order valence-corrected chi connectivity index (χ1v) is 10.5. The maximum Gasteiger partial charge on any atom is 0.358 e. The Hall–Kier alpha value is -3.39. The van der Waals surface area contributed by atoms with Gasteiger partial charge in [0, 0.05) is 32.0 Å². The van der Waals surface area contributed by atoms with Gasteiger partial charge in [0.2, 0.25) is 0 Å². The highest BCUT2D eigenvalue weighted by Gasteiger charge is 2.24. The molecule has 0 saturated heterocycles. The second-order valence-corrected chi connectivity index (χ2v) is 7.63. The van der Waals surface area contributed by atoms with E-state index in [4.69, 9.17) is 14.2 Å². The van der Waals surface area contributed by atoms with Gasteiger partial charge in [-0.15, -0.1) is 0 Å². The van der Waals surface area contributed by atoms with Crippen molar-refractivity contribution in [1.29, 1.82) is 0 Å². The van der Waals surface area contributed by atoms with E-state index in [1.54, 1.807) is 19.3 Å². The van der Waals surface area contributed by atoms with Crippen molar-refractivity contribution in [3.05, 3.63) is 71.4 Å². The van der Waals surface area contributed by atoms with Crippen molar-refractivity contribution in [3.63, 3.8) is 0 Å². The average Bonchev–Trinajstić information content (AvgIpc) is 3.23. The van der Waals surface area contributed by atoms with Gasteiger partial charge in [-0.25, -0.2) is 14.8 Å². The minimum atomic E-state index is -0.363. The van der Waals surface area contributed by atoms with Crippen molar-refractivity contribution in [2.75, 3.05) is 19.8 Å². The van der Waals surface area contributed by atoms with Crippen LogP contribution in [0.15, 0.2) is 48.8 Å². The van der Waals surface area contributed by atoms with Crippen LogP contribution in [0.25, 0.3) is 0 Å². The highest BCUT2D eigenvalue weighted by molar-refractivity contribution is 5.87. The predicted molar refractivity (Wildman–Crippen MR) is 112 cm³/mol. The lowest BCUT2D eigenvalue weighted by Gasteiger charge is -2.28. The summed E-state index contributed by atoms with van der Waals surface area (Å²) < 4.78 is 18.9. The van der Waals surface area contributed by atoms with Crippen LogP contribution < -0.4 is 9.47 Å². The molecule has 5 rings (SSSR count). The zero-order valence-electron chi connectivity index (χ0n) is 17.4. The Morgan fingerprint density at radius 1 is 1.23 bits per heavy atom. The van der Waals surface area contributed by atoms with Gasteiger partial charge >= 0.3 is 5.97 Å². The number of fused-ring (bicyclic) bond motifs is 2. The third-order valence-corrected chi connectivity index (χ3v) is 5.50. The summed E-state index contributed by atoms with van der Waals surface area (Å²) in [4.78, 5) is 23.0. The molecular formula is C23H24N4O4. The molecule has 0 N–H and O–H groups in total. The van der Waals surface area contributed by atoms with E-state index in [0.717, 1.165) is 31.0 Å². The summed E-state index contributed by atoms with van der Waals surface area (Å²) in [5, 5.41) is 0. The molecule has 8 nitrogen and oxygen atoms in total. The molecule has 0 amide bonds. The fraction of sp³-hybridized carbons (Fsp3) is 0.348. The van der Waals surface area contributed by atoms with E-state index >= 15 is 0 Å². The molecule has 0 aliphatic carbocycles. The number of benzene rings is 1. The van der Waals surface area contributed by atoms with Crippen LogP contribution in [-0.4, -0.2) is 45.2 Å². The molecular weight excluding hydrogens is 396 g/mol. The molecule has 0 radical (unpaired) electrons. The fourth-order valence-electron chi connectivity index (χ4n) is 3.91. The van der Waals surface area contributed by atoms with Crippen molar-refractivity contribution in [1.82, 2.24) is 19.4 Å². The minimum Gasteiger partial charge on any atom is -0.484 e. The molecule has 31 heavy (non-hydrogen) atoms. The van der Waals surface area contributed by atoms with Gasteiger partial charge in [0.05, 0.1) is 13.2 Å². The number of carbonyl (C=O) groups excluding carboxylic acids is 1. The third-order valence-electron chi connectivity index (χ3n) is 5.50. The Balaban J connectivity index is 1.21. The molecule has 1 aromatic carbocycles. The van der Waals surface area contributed by atoms with Gasteiger partial charge in [-0.1, -0.05) is 24.3 Å². The number of nitrogens with zero attached hydrogens (tertiary/aromatic N) is 4. The van der Waals surface area contributed by atoms with Crippen molar-refractivity contribution in [2.45, 2.75) is 32.7 Å². The van der Waals surface area contributed by atoms with Crippen LogP contribution in [-0.2, 0) is 24.4 Å². The normalized spacial score (nSPS) is 17.8. The van der Waals surface area contributed by atoms with Crippen LogP contribution >= 0.6 is 0 Å². The Bertz CT molecular complexity index is 1080. The third kappa shape index (κ3) is 4.11. The summed E-state index contributed by atoms with van der Waals surface area (Å²) in [5.74, 6) is 1.75. The largest absolute Gasteiger partial charge is 0.484 e. The van der Waals surface area contributed by atoms with Crippen LogP contribution in [0.2, 0.25) is 0 Å². The van der Waals surface area contributed by atoms with Crippen molar-refractivity contribution < 1.29 is 19.0 Å². The van der Waals surface area contributed by atoms with Crippen molar-refractivity contribution >= 4 is 5.97 Å². The molecule has 2 aliphatic rings. The van der Waals surface area contributed by atoms with E-state index < -0.39 is 0 Å². The maximum absolute atomic E-state index is 11.9. The summed E-state index contributed by atoms with van der Waals surface area (Å²) in [5.41, 5.74) is 2.66. The number of carbonyl (C=O) groups is 1. The van der Waals surface area contributed by atoms with E-state index in [-0.39, 0.29) is 12.1 Å². The van der Waals surface area contributed by atoms with Crippen LogP contribution in [0.5, 0.6) is 11.6 Å². The highest BCUT2D eigenvalue weighted by atomic mass is 16.6. The van der Waals surface area contributed by atoms with Gasteiger partial charge in [-0.05, 0) is 30.2 Å². The quantitative estimate of drug-likeness (QED) is 0.587. The highest BCUT2D eigenvalue weighted by Crippen LogP contribution is 2.34. The molecule has 2 aromatic heterocycles. The van der Waals surface area contributed by atoms with Gasteiger partial charge in [-0.2, -0.15) is 0 Å². The number of aromatic nitrogens is 3. The van der Waals surface area contributed by atoms with Crippen LogP contribution in [0, 0.1) is 0 Å². The predicted octanol–water partition coefficient (Wildman–Crippen LogP) is 2.98.